The number of nitrogens with zero attached hydrogens (tertiary/aromatic N) is 1. The average Bonchev–Trinajstić information content (AvgIpc) is 2.66. The molecule has 0 N–H and O–H groups in total. The molecular formula is C23H24Cl3NO. The third-order valence-corrected chi connectivity index (χ3v) is 6.66. The van der Waals surface area contributed by atoms with Gasteiger partial charge in [0.15, 0.2) is 0 Å². The molecular weight excluding hydrogens is 413 g/mol. The Morgan fingerprint density at radius 3 is 2.32 bits per heavy atom. The van der Waals surface area contributed by atoms with E-state index in [0.717, 1.165) is 18.5 Å². The maximum Gasteiger partial charge on any atom is 0.234 e. The van der Waals surface area contributed by atoms with E-state index in [1.165, 1.54) is 0 Å². The second-order valence-corrected chi connectivity index (χ2v) is 8.79. The topological polar surface area (TPSA) is 20.3 Å². The van der Waals surface area contributed by atoms with Crippen molar-refractivity contribution in [2.45, 2.75) is 38.1 Å². The molecule has 2 aliphatic rings. The fourth-order valence-electron chi connectivity index (χ4n) is 4.36. The molecule has 28 heavy (non-hydrogen) atoms. The Bertz CT molecular complexity index is 815. The number of hydrogen-bond acceptors (Lipinski definition) is 1. The van der Waals surface area contributed by atoms with Crippen molar-refractivity contribution in [1.29, 1.82) is 0 Å². The Balaban J connectivity index is 2.04. The summed E-state index contributed by atoms with van der Waals surface area (Å²) in [6.07, 6.45) is 11.0. The molecule has 3 rings (SSSR count). The van der Waals surface area contributed by atoms with Crippen molar-refractivity contribution in [2.24, 2.45) is 11.3 Å². The molecule has 5 heteroatoms. The van der Waals surface area contributed by atoms with Gasteiger partial charge in [0.25, 0.3) is 0 Å². The second-order valence-electron chi connectivity index (χ2n) is 7.48. The van der Waals surface area contributed by atoms with Crippen LogP contribution in [0.25, 0.3) is 0 Å². The molecule has 1 fully saturated rings. The first-order chi connectivity index (χ1) is 13.4. The van der Waals surface area contributed by atoms with Crippen LogP contribution in [0.15, 0.2) is 71.8 Å². The van der Waals surface area contributed by atoms with Crippen LogP contribution >= 0.6 is 34.8 Å². The van der Waals surface area contributed by atoms with Gasteiger partial charge in [-0.3, -0.25) is 4.79 Å². The normalized spacial score (nSPS) is 24.4. The van der Waals surface area contributed by atoms with Gasteiger partial charge >= 0.3 is 0 Å². The van der Waals surface area contributed by atoms with E-state index >= 15 is 0 Å². The van der Waals surface area contributed by atoms with Crippen LogP contribution in [0.2, 0.25) is 5.02 Å². The maximum absolute atomic E-state index is 13.8. The number of rotatable bonds is 6. The fraction of sp³-hybridized carbons (Fsp3) is 0.348. The highest BCUT2D eigenvalue weighted by Gasteiger charge is 2.48. The molecule has 0 saturated carbocycles. The van der Waals surface area contributed by atoms with E-state index in [2.05, 4.69) is 13.2 Å². The molecule has 1 amide bonds. The van der Waals surface area contributed by atoms with Crippen LogP contribution < -0.4 is 4.90 Å². The molecule has 1 heterocycles. The number of carbonyl (C=O) groups is 1. The van der Waals surface area contributed by atoms with Crippen LogP contribution in [0.5, 0.6) is 0 Å². The highest BCUT2D eigenvalue weighted by atomic mass is 35.5. The number of allylic oxidation sites excluding steroid dienone is 5. The van der Waals surface area contributed by atoms with E-state index in [0.29, 0.717) is 34.3 Å². The summed E-state index contributed by atoms with van der Waals surface area (Å²) < 4.78 is 0. The molecule has 148 valence electrons. The number of anilines is 1. The van der Waals surface area contributed by atoms with Crippen LogP contribution in [-0.2, 0) is 4.79 Å². The number of hydrogen-bond donors (Lipinski definition) is 0. The summed E-state index contributed by atoms with van der Waals surface area (Å²) in [5.41, 5.74) is 0.319. The highest BCUT2D eigenvalue weighted by Crippen LogP contribution is 2.47. The fourth-order valence-corrected chi connectivity index (χ4v) is 5.10. The molecule has 1 saturated heterocycles. The van der Waals surface area contributed by atoms with E-state index < -0.39 is 5.41 Å². The second kappa shape index (κ2) is 8.90. The highest BCUT2D eigenvalue weighted by molar-refractivity contribution is 6.35. The van der Waals surface area contributed by atoms with E-state index in [-0.39, 0.29) is 17.9 Å². The summed E-state index contributed by atoms with van der Waals surface area (Å²) >= 11 is 18.8. The molecule has 1 aliphatic heterocycles. The Hall–Kier alpha value is -1.48. The summed E-state index contributed by atoms with van der Waals surface area (Å²) in [7, 11) is 0. The molecule has 0 spiro atoms. The molecule has 0 bridgehead atoms. The molecule has 1 unspecified atom stereocenters. The number of amides is 1. The average molecular weight is 437 g/mol. The van der Waals surface area contributed by atoms with Gasteiger partial charge in [-0.2, -0.15) is 0 Å². The number of carbonyl (C=O) groups excluding carboxylic acids is 1. The first kappa shape index (κ1) is 21.2. The van der Waals surface area contributed by atoms with Gasteiger partial charge < -0.3 is 4.90 Å². The zero-order valence-electron chi connectivity index (χ0n) is 15.7. The first-order valence-corrected chi connectivity index (χ1v) is 10.6. The lowest BCUT2D eigenvalue weighted by molar-refractivity contribution is -0.131. The Morgan fingerprint density at radius 2 is 1.75 bits per heavy atom. The van der Waals surface area contributed by atoms with Gasteiger partial charge in [-0.15, -0.1) is 13.2 Å². The summed E-state index contributed by atoms with van der Waals surface area (Å²) in [5, 5.41) is 1.98. The van der Waals surface area contributed by atoms with Gasteiger partial charge in [0.05, 0.1) is 5.41 Å². The zero-order valence-corrected chi connectivity index (χ0v) is 18.0. The number of benzene rings is 1. The molecule has 1 aromatic carbocycles. The lowest BCUT2D eigenvalue weighted by atomic mass is 9.69. The third-order valence-electron chi connectivity index (χ3n) is 5.76. The SMILES string of the molecule is C=CCC1(CC=C)CC[C@H](C2CC=C(Cl)C=C2Cl)N(c2ccc(Cl)cc2)C1=O. The van der Waals surface area contributed by atoms with Crippen molar-refractivity contribution in [3.8, 4) is 0 Å². The van der Waals surface area contributed by atoms with Crippen LogP contribution in [0.4, 0.5) is 5.69 Å². The van der Waals surface area contributed by atoms with Gasteiger partial charge in [-0.1, -0.05) is 53.0 Å². The van der Waals surface area contributed by atoms with Gasteiger partial charge in [-0.25, -0.2) is 0 Å². The third kappa shape index (κ3) is 4.10. The lowest BCUT2D eigenvalue weighted by Gasteiger charge is -2.48. The molecule has 2 atom stereocenters. The quantitative estimate of drug-likeness (QED) is 0.430. The molecule has 1 aliphatic carbocycles. The summed E-state index contributed by atoms with van der Waals surface area (Å²) in [6, 6.07) is 7.38. The minimum atomic E-state index is -0.516. The van der Waals surface area contributed by atoms with Crippen molar-refractivity contribution >= 4 is 46.4 Å². The van der Waals surface area contributed by atoms with Crippen LogP contribution in [0, 0.1) is 11.3 Å². The molecule has 1 aromatic rings. The summed E-state index contributed by atoms with van der Waals surface area (Å²) in [5.74, 6) is 0.116. The predicted octanol–water partition coefficient (Wildman–Crippen LogP) is 7.24. The van der Waals surface area contributed by atoms with Crippen molar-refractivity contribution in [3.63, 3.8) is 0 Å². The van der Waals surface area contributed by atoms with Crippen LogP contribution in [0.3, 0.4) is 0 Å². The smallest absolute Gasteiger partial charge is 0.234 e. The van der Waals surface area contributed by atoms with Crippen LogP contribution in [-0.4, -0.2) is 11.9 Å². The lowest BCUT2D eigenvalue weighted by Crippen LogP contribution is -2.56. The van der Waals surface area contributed by atoms with Gasteiger partial charge in [0.1, 0.15) is 0 Å². The van der Waals surface area contributed by atoms with E-state index in [1.54, 1.807) is 6.08 Å². The maximum atomic E-state index is 13.8. The standard InChI is InChI=1S/C23H24Cl3NO/c1-3-12-23(13-4-2)14-11-21(19-10-7-17(25)15-20(19)26)27(22(23)28)18-8-5-16(24)6-9-18/h3-9,15,19,21H,1-2,10-14H2/t19?,21-/m1/s1. The first-order valence-electron chi connectivity index (χ1n) is 9.45. The van der Waals surface area contributed by atoms with Gasteiger partial charge in [0, 0.05) is 32.7 Å². The summed E-state index contributed by atoms with van der Waals surface area (Å²) in [6.45, 7) is 7.76. The predicted molar refractivity (Wildman–Crippen MR) is 120 cm³/mol. The Labute approximate surface area is 182 Å². The number of halogens is 3. The van der Waals surface area contributed by atoms with E-state index in [4.69, 9.17) is 34.8 Å². The Kier molecular flexibility index (Phi) is 6.75. The molecule has 0 radical (unpaired) electrons. The van der Waals surface area contributed by atoms with Crippen molar-refractivity contribution in [2.75, 3.05) is 4.90 Å². The van der Waals surface area contributed by atoms with E-state index in [1.807, 2.05) is 47.4 Å². The number of piperidine rings is 1. The van der Waals surface area contributed by atoms with Crippen molar-refractivity contribution in [3.05, 3.63) is 76.8 Å². The minimum Gasteiger partial charge on any atom is -0.308 e. The molecule has 0 aromatic heterocycles. The Morgan fingerprint density at radius 1 is 1.11 bits per heavy atom. The van der Waals surface area contributed by atoms with E-state index in [9.17, 15) is 4.79 Å². The largest absolute Gasteiger partial charge is 0.308 e. The zero-order chi connectivity index (χ0) is 20.3. The van der Waals surface area contributed by atoms with Gasteiger partial charge in [-0.05, 0) is 62.4 Å². The van der Waals surface area contributed by atoms with Crippen molar-refractivity contribution in [1.82, 2.24) is 0 Å². The minimum absolute atomic E-state index is 0.0225. The van der Waals surface area contributed by atoms with Gasteiger partial charge in [0.2, 0.25) is 5.91 Å². The monoisotopic (exact) mass is 435 g/mol. The summed E-state index contributed by atoms with van der Waals surface area (Å²) in [4.78, 5) is 15.7. The van der Waals surface area contributed by atoms with Crippen molar-refractivity contribution < 1.29 is 4.79 Å². The molecule has 2 nitrogen and oxygen atoms in total. The van der Waals surface area contributed by atoms with Crippen LogP contribution in [0.1, 0.15) is 32.1 Å².